The number of halogens is 1. The van der Waals surface area contributed by atoms with Crippen LogP contribution >= 0.6 is 11.6 Å². The van der Waals surface area contributed by atoms with E-state index in [1.165, 1.54) is 9.21 Å². The van der Waals surface area contributed by atoms with E-state index in [1.54, 1.807) is 14.1 Å². The van der Waals surface area contributed by atoms with Gasteiger partial charge < -0.3 is 4.90 Å². The molecule has 100 valence electrons. The van der Waals surface area contributed by atoms with Crippen LogP contribution in [0.15, 0.2) is 0 Å². The molecule has 1 aliphatic rings. The summed E-state index contributed by atoms with van der Waals surface area (Å²) in [5.74, 6) is 0.199. The van der Waals surface area contributed by atoms with Crippen molar-refractivity contribution >= 4 is 27.5 Å². The van der Waals surface area contributed by atoms with Crippen LogP contribution in [0.1, 0.15) is 19.3 Å². The molecule has 0 bridgehead atoms. The molecule has 0 radical (unpaired) electrons. The number of likely N-dealkylation sites (N-methyl/N-ethyl adjacent to an activating group) is 1. The topological polar surface area (TPSA) is 57.7 Å². The number of carbonyl (C=O) groups excluding carboxylic acids is 1. The van der Waals surface area contributed by atoms with Crippen molar-refractivity contribution in [1.82, 2.24) is 9.21 Å². The number of nitrogens with zero attached hydrogens (tertiary/aromatic N) is 2. The van der Waals surface area contributed by atoms with E-state index in [0.29, 0.717) is 25.3 Å². The third kappa shape index (κ3) is 3.56. The van der Waals surface area contributed by atoms with Crippen LogP contribution in [0.5, 0.6) is 0 Å². The van der Waals surface area contributed by atoms with E-state index in [0.717, 1.165) is 6.42 Å². The predicted molar refractivity (Wildman–Crippen MR) is 67.5 cm³/mol. The van der Waals surface area contributed by atoms with E-state index in [2.05, 4.69) is 0 Å². The summed E-state index contributed by atoms with van der Waals surface area (Å²) in [6.07, 6.45) is 1.77. The van der Waals surface area contributed by atoms with E-state index >= 15 is 0 Å². The first-order valence-electron chi connectivity index (χ1n) is 5.67. The highest BCUT2D eigenvalue weighted by molar-refractivity contribution is 7.89. The molecule has 0 aromatic heterocycles. The van der Waals surface area contributed by atoms with Crippen molar-refractivity contribution in [2.75, 3.05) is 32.3 Å². The van der Waals surface area contributed by atoms with E-state index in [4.69, 9.17) is 11.6 Å². The van der Waals surface area contributed by atoms with Crippen LogP contribution in [-0.2, 0) is 14.8 Å². The number of carbonyl (C=O) groups is 1. The Morgan fingerprint density at radius 3 is 2.65 bits per heavy atom. The third-order valence-corrected chi connectivity index (χ3v) is 5.05. The second-order valence-corrected chi connectivity index (χ2v) is 6.78. The highest BCUT2D eigenvalue weighted by Crippen LogP contribution is 2.23. The first-order chi connectivity index (χ1) is 7.90. The Morgan fingerprint density at radius 1 is 1.47 bits per heavy atom. The highest BCUT2D eigenvalue weighted by atomic mass is 35.5. The standard InChI is InChI=1S/C10H19ClN2O3S/c1-12(2)10(14)9-5-3-7-13(9)17(15,16)8-4-6-11/h9H,3-8H2,1-2H3. The van der Waals surface area contributed by atoms with E-state index < -0.39 is 16.1 Å². The Morgan fingerprint density at radius 2 is 2.12 bits per heavy atom. The van der Waals surface area contributed by atoms with Crippen molar-refractivity contribution in [3.63, 3.8) is 0 Å². The quantitative estimate of drug-likeness (QED) is 0.690. The van der Waals surface area contributed by atoms with Crippen molar-refractivity contribution in [2.24, 2.45) is 0 Å². The number of rotatable bonds is 5. The molecule has 1 heterocycles. The summed E-state index contributed by atoms with van der Waals surface area (Å²) in [7, 11) is -0.0623. The molecule has 17 heavy (non-hydrogen) atoms. The molecule has 1 unspecified atom stereocenters. The molecule has 1 atom stereocenters. The maximum Gasteiger partial charge on any atom is 0.240 e. The molecule has 0 aromatic rings. The van der Waals surface area contributed by atoms with Gasteiger partial charge in [-0.15, -0.1) is 11.6 Å². The van der Waals surface area contributed by atoms with Gasteiger partial charge in [0.05, 0.1) is 5.75 Å². The molecule has 0 saturated carbocycles. The van der Waals surface area contributed by atoms with Gasteiger partial charge in [-0.1, -0.05) is 0 Å². The number of amides is 1. The summed E-state index contributed by atoms with van der Waals surface area (Å²) in [5.41, 5.74) is 0. The molecular weight excluding hydrogens is 264 g/mol. The number of hydrogen-bond acceptors (Lipinski definition) is 3. The van der Waals surface area contributed by atoms with Gasteiger partial charge in [-0.3, -0.25) is 4.79 Å². The van der Waals surface area contributed by atoms with Gasteiger partial charge in [0, 0.05) is 26.5 Å². The highest BCUT2D eigenvalue weighted by Gasteiger charge is 2.38. The van der Waals surface area contributed by atoms with Crippen LogP contribution in [0.2, 0.25) is 0 Å². The molecule has 0 aliphatic carbocycles. The van der Waals surface area contributed by atoms with Crippen molar-refractivity contribution < 1.29 is 13.2 Å². The lowest BCUT2D eigenvalue weighted by Gasteiger charge is -2.25. The van der Waals surface area contributed by atoms with Crippen LogP contribution in [0.25, 0.3) is 0 Å². The van der Waals surface area contributed by atoms with Gasteiger partial charge >= 0.3 is 0 Å². The monoisotopic (exact) mass is 282 g/mol. The minimum absolute atomic E-state index is 0.0215. The van der Waals surface area contributed by atoms with Crippen molar-refractivity contribution in [1.29, 1.82) is 0 Å². The van der Waals surface area contributed by atoms with Crippen LogP contribution in [-0.4, -0.2) is 61.8 Å². The predicted octanol–water partition coefficient (Wildman–Crippen LogP) is 0.498. The zero-order valence-corrected chi connectivity index (χ0v) is 11.8. The van der Waals surface area contributed by atoms with Crippen molar-refractivity contribution in [3.8, 4) is 0 Å². The molecule has 0 spiro atoms. The minimum Gasteiger partial charge on any atom is -0.347 e. The maximum atomic E-state index is 12.0. The molecule has 1 aliphatic heterocycles. The zero-order valence-electron chi connectivity index (χ0n) is 10.2. The van der Waals surface area contributed by atoms with Crippen LogP contribution in [0.4, 0.5) is 0 Å². The first-order valence-corrected chi connectivity index (χ1v) is 7.81. The second-order valence-electron chi connectivity index (χ2n) is 4.36. The number of sulfonamides is 1. The van der Waals surface area contributed by atoms with Crippen LogP contribution in [0, 0.1) is 0 Å². The summed E-state index contributed by atoms with van der Waals surface area (Å²) < 4.78 is 25.4. The van der Waals surface area contributed by atoms with Gasteiger partial charge in [0.2, 0.25) is 15.9 Å². The average molecular weight is 283 g/mol. The van der Waals surface area contributed by atoms with Gasteiger partial charge in [0.1, 0.15) is 6.04 Å². The Kier molecular flexibility index (Phi) is 5.22. The van der Waals surface area contributed by atoms with Gasteiger partial charge in [-0.2, -0.15) is 4.31 Å². The third-order valence-electron chi connectivity index (χ3n) is 2.82. The van der Waals surface area contributed by atoms with Crippen molar-refractivity contribution in [2.45, 2.75) is 25.3 Å². The molecule has 0 N–H and O–H groups in total. The normalized spacial score (nSPS) is 21.7. The Labute approximate surface area is 108 Å². The number of alkyl halides is 1. The molecule has 1 amide bonds. The summed E-state index contributed by atoms with van der Waals surface area (Å²) >= 11 is 5.51. The SMILES string of the molecule is CN(C)C(=O)C1CCCN1S(=O)(=O)CCCCl. The largest absolute Gasteiger partial charge is 0.347 e. The van der Waals surface area contributed by atoms with Gasteiger partial charge in [-0.25, -0.2) is 8.42 Å². The van der Waals surface area contributed by atoms with Crippen molar-refractivity contribution in [3.05, 3.63) is 0 Å². The fraction of sp³-hybridized carbons (Fsp3) is 0.900. The zero-order chi connectivity index (χ0) is 13.1. The molecule has 1 rings (SSSR count). The minimum atomic E-state index is -3.35. The Hall–Kier alpha value is -0.330. The van der Waals surface area contributed by atoms with E-state index in [-0.39, 0.29) is 11.7 Å². The smallest absolute Gasteiger partial charge is 0.240 e. The summed E-state index contributed by atoms with van der Waals surface area (Å²) in [6, 6.07) is -0.523. The summed E-state index contributed by atoms with van der Waals surface area (Å²) in [5, 5.41) is 0. The van der Waals surface area contributed by atoms with E-state index in [9.17, 15) is 13.2 Å². The van der Waals surface area contributed by atoms with E-state index in [1.807, 2.05) is 0 Å². The number of hydrogen-bond donors (Lipinski definition) is 0. The fourth-order valence-electron chi connectivity index (χ4n) is 1.97. The lowest BCUT2D eigenvalue weighted by molar-refractivity contribution is -0.132. The van der Waals surface area contributed by atoms with Gasteiger partial charge in [-0.05, 0) is 19.3 Å². The molecule has 5 nitrogen and oxygen atoms in total. The van der Waals surface area contributed by atoms with Crippen LogP contribution < -0.4 is 0 Å². The first kappa shape index (κ1) is 14.7. The average Bonchev–Trinajstić information content (AvgIpc) is 2.74. The van der Waals surface area contributed by atoms with Crippen LogP contribution in [0.3, 0.4) is 0 Å². The second kappa shape index (κ2) is 6.02. The fourth-order valence-corrected chi connectivity index (χ4v) is 4.00. The lowest BCUT2D eigenvalue weighted by Crippen LogP contribution is -2.46. The molecule has 1 fully saturated rings. The molecule has 0 aromatic carbocycles. The Balaban J connectivity index is 2.79. The summed E-state index contributed by atoms with van der Waals surface area (Å²) in [6.45, 7) is 0.439. The lowest BCUT2D eigenvalue weighted by atomic mass is 10.2. The summed E-state index contributed by atoms with van der Waals surface area (Å²) in [4.78, 5) is 13.3. The van der Waals surface area contributed by atoms with Gasteiger partial charge in [0.25, 0.3) is 0 Å². The molecule has 1 saturated heterocycles. The molecule has 7 heteroatoms. The Bertz CT molecular complexity index is 370. The molecular formula is C10H19ClN2O3S. The van der Waals surface area contributed by atoms with Gasteiger partial charge in [0.15, 0.2) is 0 Å². The maximum absolute atomic E-state index is 12.0.